The molecule has 5 heteroatoms. The molecule has 2 heterocycles. The number of hydrogen-bond donors (Lipinski definition) is 0. The van der Waals surface area contributed by atoms with Crippen molar-refractivity contribution in [3.05, 3.63) is 18.3 Å². The van der Waals surface area contributed by atoms with Gasteiger partial charge < -0.3 is 4.57 Å². The molecule has 0 radical (unpaired) electrons. The van der Waals surface area contributed by atoms with Crippen LogP contribution in [0, 0.1) is 11.3 Å². The van der Waals surface area contributed by atoms with Gasteiger partial charge in [0.25, 0.3) is 0 Å². The quantitative estimate of drug-likeness (QED) is 0.552. The third-order valence-electron chi connectivity index (χ3n) is 1.60. The van der Waals surface area contributed by atoms with Gasteiger partial charge in [-0.2, -0.15) is 5.26 Å². The van der Waals surface area contributed by atoms with Crippen LogP contribution in [0.25, 0.3) is 11.2 Å². The van der Waals surface area contributed by atoms with E-state index in [2.05, 4.69) is 15.0 Å². The molecule has 2 aromatic heterocycles. The number of aromatic nitrogens is 4. The summed E-state index contributed by atoms with van der Waals surface area (Å²) in [6, 6.07) is 1.96. The maximum atomic E-state index is 8.66. The number of imidazole rings is 1. The second-order valence-corrected chi connectivity index (χ2v) is 2.36. The van der Waals surface area contributed by atoms with E-state index in [-0.39, 0.29) is 0 Å². The first-order chi connectivity index (χ1) is 5.83. The Balaban J connectivity index is 2.92. The molecule has 0 saturated heterocycles. The molecular formula is C7H5N5. The van der Waals surface area contributed by atoms with Gasteiger partial charge in [0, 0.05) is 7.05 Å². The molecule has 2 aromatic rings. The fraction of sp³-hybridized carbons (Fsp3) is 0.143. The van der Waals surface area contributed by atoms with E-state index in [4.69, 9.17) is 5.26 Å². The lowest BCUT2D eigenvalue weighted by atomic mass is 10.4. The van der Waals surface area contributed by atoms with Crippen LogP contribution in [0.1, 0.15) is 5.69 Å². The molecule has 0 unspecified atom stereocenters. The Hall–Kier alpha value is -1.96. The zero-order valence-corrected chi connectivity index (χ0v) is 6.39. The van der Waals surface area contributed by atoms with E-state index >= 15 is 0 Å². The van der Waals surface area contributed by atoms with Crippen LogP contribution in [0.3, 0.4) is 0 Å². The first kappa shape index (κ1) is 6.73. The molecule has 2 rings (SSSR count). The van der Waals surface area contributed by atoms with Crippen molar-refractivity contribution >= 4 is 11.2 Å². The average Bonchev–Trinajstić information content (AvgIpc) is 2.48. The molecule has 0 aliphatic heterocycles. The smallest absolute Gasteiger partial charge is 0.171 e. The van der Waals surface area contributed by atoms with Crippen LogP contribution in [0.2, 0.25) is 0 Å². The zero-order chi connectivity index (χ0) is 8.55. The van der Waals surface area contributed by atoms with Crippen LogP contribution in [0.4, 0.5) is 0 Å². The van der Waals surface area contributed by atoms with E-state index in [0.717, 1.165) is 0 Å². The molecule has 0 spiro atoms. The van der Waals surface area contributed by atoms with Crippen molar-refractivity contribution in [1.82, 2.24) is 19.5 Å². The van der Waals surface area contributed by atoms with Crippen LogP contribution in [0.5, 0.6) is 0 Å². The first-order valence-corrected chi connectivity index (χ1v) is 3.35. The lowest BCUT2D eigenvalue weighted by Crippen LogP contribution is -1.91. The predicted octanol–water partition coefficient (Wildman–Crippen LogP) is 0.235. The van der Waals surface area contributed by atoms with Crippen LogP contribution >= 0.6 is 0 Å². The predicted molar refractivity (Wildman–Crippen MR) is 41.0 cm³/mol. The third-order valence-corrected chi connectivity index (χ3v) is 1.60. The summed E-state index contributed by atoms with van der Waals surface area (Å²) in [7, 11) is 1.82. The van der Waals surface area contributed by atoms with Gasteiger partial charge in [-0.05, 0) is 0 Å². The average molecular weight is 159 g/mol. The summed E-state index contributed by atoms with van der Waals surface area (Å²) in [5.74, 6) is 0. The highest BCUT2D eigenvalue weighted by atomic mass is 15.1. The number of nitrogens with zero attached hydrogens (tertiary/aromatic N) is 5. The fourth-order valence-corrected chi connectivity index (χ4v) is 1.03. The Morgan fingerprint density at radius 1 is 1.42 bits per heavy atom. The number of hydrogen-bond acceptors (Lipinski definition) is 4. The topological polar surface area (TPSA) is 67.4 Å². The Kier molecular flexibility index (Phi) is 1.27. The Morgan fingerprint density at radius 3 is 3.00 bits per heavy atom. The van der Waals surface area contributed by atoms with Gasteiger partial charge in [0.1, 0.15) is 17.9 Å². The minimum Gasteiger partial charge on any atom is -0.318 e. The molecule has 0 saturated carbocycles. The van der Waals surface area contributed by atoms with E-state index in [0.29, 0.717) is 16.9 Å². The number of rotatable bonds is 0. The van der Waals surface area contributed by atoms with Gasteiger partial charge in [0.15, 0.2) is 11.3 Å². The second-order valence-electron chi connectivity index (χ2n) is 2.36. The molecule has 0 amide bonds. The van der Waals surface area contributed by atoms with Gasteiger partial charge in [-0.1, -0.05) is 0 Å². The van der Waals surface area contributed by atoms with Crippen molar-refractivity contribution < 1.29 is 0 Å². The van der Waals surface area contributed by atoms with Crippen molar-refractivity contribution in [2.75, 3.05) is 0 Å². The number of fused-ring (bicyclic) bond motifs is 1. The van der Waals surface area contributed by atoms with Gasteiger partial charge in [-0.15, -0.1) is 0 Å². The van der Waals surface area contributed by atoms with Crippen molar-refractivity contribution in [2.45, 2.75) is 0 Å². The highest BCUT2D eigenvalue weighted by Crippen LogP contribution is 2.09. The second kappa shape index (κ2) is 2.27. The molecule has 0 aliphatic rings. The highest BCUT2D eigenvalue weighted by Gasteiger charge is 2.05. The van der Waals surface area contributed by atoms with Gasteiger partial charge in [-0.25, -0.2) is 15.0 Å². The third kappa shape index (κ3) is 0.751. The highest BCUT2D eigenvalue weighted by molar-refractivity contribution is 5.75. The van der Waals surface area contributed by atoms with Gasteiger partial charge in [0.2, 0.25) is 0 Å². The Labute approximate surface area is 68.3 Å². The maximum absolute atomic E-state index is 8.66. The summed E-state index contributed by atoms with van der Waals surface area (Å²) in [5.41, 5.74) is 1.56. The Bertz CT molecular complexity index is 464. The summed E-state index contributed by atoms with van der Waals surface area (Å²) < 4.78 is 1.75. The number of nitriles is 1. The number of aryl methyl sites for hydroxylation is 1. The van der Waals surface area contributed by atoms with E-state index in [9.17, 15) is 0 Å². The fourth-order valence-electron chi connectivity index (χ4n) is 1.03. The van der Waals surface area contributed by atoms with Crippen LogP contribution in [0.15, 0.2) is 12.7 Å². The lowest BCUT2D eigenvalue weighted by Gasteiger charge is -1.91. The lowest BCUT2D eigenvalue weighted by molar-refractivity contribution is 0.927. The van der Waals surface area contributed by atoms with Crippen molar-refractivity contribution in [3.8, 4) is 6.07 Å². The summed E-state index contributed by atoms with van der Waals surface area (Å²) in [6.45, 7) is 0. The SMILES string of the molecule is Cn1cnc2c(C#N)ncnc21. The maximum Gasteiger partial charge on any atom is 0.171 e. The summed E-state index contributed by atoms with van der Waals surface area (Å²) in [6.07, 6.45) is 2.97. The summed E-state index contributed by atoms with van der Waals surface area (Å²) >= 11 is 0. The standard InChI is InChI=1S/C7H5N5/c1-12-4-11-6-5(2-8)9-3-10-7(6)12/h3-4H,1H3. The van der Waals surface area contributed by atoms with Gasteiger partial charge in [-0.3, -0.25) is 0 Å². The summed E-state index contributed by atoms with van der Waals surface area (Å²) in [5, 5.41) is 8.66. The molecule has 0 aromatic carbocycles. The van der Waals surface area contributed by atoms with Gasteiger partial charge in [0.05, 0.1) is 6.33 Å². The molecule has 0 N–H and O–H groups in total. The molecule has 12 heavy (non-hydrogen) atoms. The molecule has 0 aliphatic carbocycles. The molecule has 0 atom stereocenters. The van der Waals surface area contributed by atoms with Crippen LogP contribution < -0.4 is 0 Å². The minimum absolute atomic E-state index is 0.320. The van der Waals surface area contributed by atoms with E-state index in [1.54, 1.807) is 10.9 Å². The van der Waals surface area contributed by atoms with E-state index in [1.807, 2.05) is 13.1 Å². The summed E-state index contributed by atoms with van der Waals surface area (Å²) in [4.78, 5) is 11.8. The molecule has 58 valence electrons. The largest absolute Gasteiger partial charge is 0.318 e. The zero-order valence-electron chi connectivity index (χ0n) is 6.39. The van der Waals surface area contributed by atoms with Crippen molar-refractivity contribution in [3.63, 3.8) is 0 Å². The normalized spacial score (nSPS) is 10.0. The van der Waals surface area contributed by atoms with Crippen molar-refractivity contribution in [1.29, 1.82) is 5.26 Å². The van der Waals surface area contributed by atoms with Crippen molar-refractivity contribution in [2.24, 2.45) is 7.05 Å². The van der Waals surface area contributed by atoms with E-state index in [1.165, 1.54) is 6.33 Å². The minimum atomic E-state index is 0.320. The Morgan fingerprint density at radius 2 is 2.25 bits per heavy atom. The molecular weight excluding hydrogens is 154 g/mol. The van der Waals surface area contributed by atoms with E-state index < -0.39 is 0 Å². The van der Waals surface area contributed by atoms with Crippen LogP contribution in [-0.4, -0.2) is 19.5 Å². The van der Waals surface area contributed by atoms with Crippen LogP contribution in [-0.2, 0) is 7.05 Å². The molecule has 0 fully saturated rings. The molecule has 5 nitrogen and oxygen atoms in total. The monoisotopic (exact) mass is 159 g/mol. The first-order valence-electron chi connectivity index (χ1n) is 3.35. The molecule has 0 bridgehead atoms. The van der Waals surface area contributed by atoms with Gasteiger partial charge >= 0.3 is 0 Å².